The first-order chi connectivity index (χ1) is 9.69. The summed E-state index contributed by atoms with van der Waals surface area (Å²) in [6, 6.07) is 3.06. The van der Waals surface area contributed by atoms with E-state index in [4.69, 9.17) is 5.11 Å². The van der Waals surface area contributed by atoms with Gasteiger partial charge in [-0.3, -0.25) is 0 Å². The number of hydrogen-bond donors (Lipinski definition) is 3. The van der Waals surface area contributed by atoms with E-state index in [1.54, 1.807) is 0 Å². The monoisotopic (exact) mass is 318 g/mol. The fourth-order valence-corrected chi connectivity index (χ4v) is 2.13. The van der Waals surface area contributed by atoms with Crippen molar-refractivity contribution in [1.82, 2.24) is 5.32 Å². The lowest BCUT2D eigenvalue weighted by Gasteiger charge is -2.15. The average Bonchev–Trinajstić information content (AvgIpc) is 2.36. The van der Waals surface area contributed by atoms with Crippen LogP contribution in [-0.2, 0) is 14.6 Å². The lowest BCUT2D eigenvalue weighted by molar-refractivity contribution is -0.139. The fraction of sp³-hybridized carbons (Fsp3) is 0.333. The Labute approximate surface area is 121 Å². The predicted molar refractivity (Wildman–Crippen MR) is 74.3 cm³/mol. The smallest absolute Gasteiger partial charge is 0.326 e. The molecule has 1 rings (SSSR count). The van der Waals surface area contributed by atoms with Crippen molar-refractivity contribution in [3.63, 3.8) is 0 Å². The Hall–Kier alpha value is -2.16. The Balaban J connectivity index is 2.65. The predicted octanol–water partition coefficient (Wildman–Crippen LogP) is 0.835. The molecule has 21 heavy (non-hydrogen) atoms. The molecule has 0 saturated carbocycles. The number of anilines is 1. The third kappa shape index (κ3) is 6.21. The quantitative estimate of drug-likeness (QED) is 0.719. The van der Waals surface area contributed by atoms with Gasteiger partial charge in [-0.05, 0) is 18.6 Å². The fourth-order valence-electron chi connectivity index (χ4n) is 1.47. The zero-order valence-electron chi connectivity index (χ0n) is 11.2. The SMILES string of the molecule is CS(=O)(=O)CCC(NC(=O)Nc1ccccc1F)C(=O)O. The zero-order valence-corrected chi connectivity index (χ0v) is 12.0. The van der Waals surface area contributed by atoms with Gasteiger partial charge < -0.3 is 15.7 Å². The van der Waals surface area contributed by atoms with E-state index in [0.717, 1.165) is 12.3 Å². The van der Waals surface area contributed by atoms with Gasteiger partial charge in [-0.2, -0.15) is 0 Å². The molecule has 0 aromatic heterocycles. The Kier molecular flexibility index (Phi) is 5.65. The number of sulfone groups is 1. The minimum absolute atomic E-state index is 0.109. The van der Waals surface area contributed by atoms with E-state index in [1.807, 2.05) is 0 Å². The second-order valence-electron chi connectivity index (χ2n) is 4.39. The standard InChI is InChI=1S/C12H15FN2O5S/c1-21(19,20)7-6-10(11(16)17)15-12(18)14-9-5-3-2-4-8(9)13/h2-5,10H,6-7H2,1H3,(H,16,17)(H2,14,15,18). The van der Waals surface area contributed by atoms with Crippen LogP contribution >= 0.6 is 0 Å². The number of rotatable bonds is 6. The van der Waals surface area contributed by atoms with Crippen molar-refractivity contribution in [3.05, 3.63) is 30.1 Å². The third-order valence-corrected chi connectivity index (χ3v) is 3.48. The molecular weight excluding hydrogens is 303 g/mol. The largest absolute Gasteiger partial charge is 0.480 e. The molecule has 1 atom stereocenters. The number of para-hydroxylation sites is 1. The van der Waals surface area contributed by atoms with Crippen LogP contribution in [0.5, 0.6) is 0 Å². The Morgan fingerprint density at radius 2 is 1.95 bits per heavy atom. The molecule has 9 heteroatoms. The van der Waals surface area contributed by atoms with E-state index >= 15 is 0 Å². The maximum absolute atomic E-state index is 13.3. The highest BCUT2D eigenvalue weighted by Gasteiger charge is 2.22. The molecule has 0 heterocycles. The highest BCUT2D eigenvalue weighted by molar-refractivity contribution is 7.90. The Morgan fingerprint density at radius 3 is 2.48 bits per heavy atom. The van der Waals surface area contributed by atoms with Crippen molar-refractivity contribution in [1.29, 1.82) is 0 Å². The molecular formula is C12H15FN2O5S. The molecule has 1 aromatic carbocycles. The summed E-state index contributed by atoms with van der Waals surface area (Å²) in [7, 11) is -3.35. The molecule has 1 aromatic rings. The molecule has 0 spiro atoms. The molecule has 1 unspecified atom stereocenters. The molecule has 0 aliphatic carbocycles. The number of carboxylic acids is 1. The van der Waals surface area contributed by atoms with E-state index in [9.17, 15) is 22.4 Å². The number of hydrogen-bond acceptors (Lipinski definition) is 4. The van der Waals surface area contributed by atoms with Gasteiger partial charge in [0.05, 0.1) is 11.4 Å². The molecule has 0 bridgehead atoms. The lowest BCUT2D eigenvalue weighted by atomic mass is 10.2. The van der Waals surface area contributed by atoms with Gasteiger partial charge in [0.1, 0.15) is 21.7 Å². The van der Waals surface area contributed by atoms with E-state index in [-0.39, 0.29) is 17.9 Å². The second kappa shape index (κ2) is 7.02. The normalized spacial score (nSPS) is 12.5. The van der Waals surface area contributed by atoms with Crippen LogP contribution in [0.2, 0.25) is 0 Å². The minimum atomic E-state index is -3.35. The number of halogens is 1. The number of amides is 2. The maximum Gasteiger partial charge on any atom is 0.326 e. The molecule has 0 radical (unpaired) electrons. The minimum Gasteiger partial charge on any atom is -0.480 e. The van der Waals surface area contributed by atoms with Crippen molar-refractivity contribution < 1.29 is 27.5 Å². The first-order valence-corrected chi connectivity index (χ1v) is 7.97. The maximum atomic E-state index is 13.3. The van der Waals surface area contributed by atoms with Gasteiger partial charge in [0.15, 0.2) is 0 Å². The molecule has 7 nitrogen and oxygen atoms in total. The number of carboxylic acid groups (broad SMARTS) is 1. The van der Waals surface area contributed by atoms with Crippen LogP contribution in [0.25, 0.3) is 0 Å². The van der Waals surface area contributed by atoms with Crippen LogP contribution in [0.3, 0.4) is 0 Å². The van der Waals surface area contributed by atoms with Crippen LogP contribution in [0.1, 0.15) is 6.42 Å². The van der Waals surface area contributed by atoms with Crippen molar-refractivity contribution in [2.45, 2.75) is 12.5 Å². The molecule has 116 valence electrons. The third-order valence-electron chi connectivity index (χ3n) is 2.50. The van der Waals surface area contributed by atoms with Crippen LogP contribution in [-0.4, -0.2) is 43.6 Å². The lowest BCUT2D eigenvalue weighted by Crippen LogP contribution is -2.44. The summed E-state index contributed by atoms with van der Waals surface area (Å²) in [5.74, 6) is -2.43. The van der Waals surface area contributed by atoms with Gasteiger partial charge in [-0.1, -0.05) is 12.1 Å². The van der Waals surface area contributed by atoms with E-state index in [2.05, 4.69) is 10.6 Å². The van der Waals surface area contributed by atoms with Crippen molar-refractivity contribution in [3.8, 4) is 0 Å². The highest BCUT2D eigenvalue weighted by atomic mass is 32.2. The summed E-state index contributed by atoms with van der Waals surface area (Å²) < 4.78 is 35.3. The summed E-state index contributed by atoms with van der Waals surface area (Å²) >= 11 is 0. The summed E-state index contributed by atoms with van der Waals surface area (Å²) in [6.45, 7) is 0. The summed E-state index contributed by atoms with van der Waals surface area (Å²) in [5.41, 5.74) is -0.109. The molecule has 3 N–H and O–H groups in total. The van der Waals surface area contributed by atoms with Crippen LogP contribution < -0.4 is 10.6 Å². The zero-order chi connectivity index (χ0) is 16.0. The first-order valence-electron chi connectivity index (χ1n) is 5.91. The van der Waals surface area contributed by atoms with Crippen LogP contribution in [0.4, 0.5) is 14.9 Å². The van der Waals surface area contributed by atoms with Gasteiger partial charge in [0.25, 0.3) is 0 Å². The summed E-state index contributed by atoms with van der Waals surface area (Å²) in [5, 5.41) is 13.2. The number of nitrogens with one attached hydrogen (secondary N) is 2. The number of carbonyl (C=O) groups excluding carboxylic acids is 1. The van der Waals surface area contributed by atoms with Gasteiger partial charge in [0.2, 0.25) is 0 Å². The Bertz CT molecular complexity index is 632. The number of urea groups is 1. The number of benzene rings is 1. The highest BCUT2D eigenvalue weighted by Crippen LogP contribution is 2.12. The van der Waals surface area contributed by atoms with Crippen molar-refractivity contribution in [2.24, 2.45) is 0 Å². The molecule has 2 amide bonds. The van der Waals surface area contributed by atoms with E-state index in [1.165, 1.54) is 18.2 Å². The van der Waals surface area contributed by atoms with E-state index in [0.29, 0.717) is 0 Å². The van der Waals surface area contributed by atoms with Crippen LogP contribution in [0.15, 0.2) is 24.3 Å². The van der Waals surface area contributed by atoms with Crippen molar-refractivity contribution in [2.75, 3.05) is 17.3 Å². The first kappa shape index (κ1) is 16.9. The topological polar surface area (TPSA) is 113 Å². The van der Waals surface area contributed by atoms with Gasteiger partial charge in [-0.15, -0.1) is 0 Å². The number of carbonyl (C=O) groups is 2. The Morgan fingerprint density at radius 1 is 1.33 bits per heavy atom. The summed E-state index contributed by atoms with van der Waals surface area (Å²) in [6.07, 6.45) is 0.685. The van der Waals surface area contributed by atoms with Gasteiger partial charge in [-0.25, -0.2) is 22.4 Å². The molecule has 0 aliphatic heterocycles. The van der Waals surface area contributed by atoms with Crippen molar-refractivity contribution >= 4 is 27.5 Å². The van der Waals surface area contributed by atoms with Gasteiger partial charge in [0, 0.05) is 6.26 Å². The number of aliphatic carboxylic acids is 1. The van der Waals surface area contributed by atoms with Crippen LogP contribution in [0, 0.1) is 5.82 Å². The average molecular weight is 318 g/mol. The second-order valence-corrected chi connectivity index (χ2v) is 6.65. The van der Waals surface area contributed by atoms with Gasteiger partial charge >= 0.3 is 12.0 Å². The summed E-state index contributed by atoms with van der Waals surface area (Å²) in [4.78, 5) is 22.6. The molecule has 0 fully saturated rings. The van der Waals surface area contributed by atoms with E-state index < -0.39 is 33.7 Å². The molecule has 0 saturated heterocycles. The molecule has 0 aliphatic rings.